The van der Waals surface area contributed by atoms with Gasteiger partial charge in [0.2, 0.25) is 15.9 Å². The molecule has 1 aliphatic heterocycles. The third-order valence-corrected chi connectivity index (χ3v) is 6.30. The Morgan fingerprint density at radius 1 is 1.31 bits per heavy atom. The minimum absolute atomic E-state index is 0.123. The fourth-order valence-corrected chi connectivity index (χ4v) is 4.47. The Balaban J connectivity index is 1.70. The summed E-state index contributed by atoms with van der Waals surface area (Å²) in [6, 6.07) is 11.0. The van der Waals surface area contributed by atoms with Crippen molar-refractivity contribution in [1.82, 2.24) is 9.29 Å². The standard InChI is InChI=1S/C19H20N4O5S/c1-27-19(24)22-15-4-6-17(7-5-15)29(25,26)23-10-2-3-16(13-23)28-18-11-14(12-20)8-9-21-18/h4-9,11,16H,2-3,10,13H2,1H3,(H,22,24). The molecule has 0 bridgehead atoms. The molecule has 152 valence electrons. The average molecular weight is 416 g/mol. The van der Waals surface area contributed by atoms with Gasteiger partial charge >= 0.3 is 6.09 Å². The summed E-state index contributed by atoms with van der Waals surface area (Å²) >= 11 is 0. The van der Waals surface area contributed by atoms with Crippen LogP contribution < -0.4 is 10.1 Å². The summed E-state index contributed by atoms with van der Waals surface area (Å²) in [5.74, 6) is 0.298. The number of sulfonamides is 1. The number of carbonyl (C=O) groups excluding carboxylic acids is 1. The molecule has 1 fully saturated rings. The van der Waals surface area contributed by atoms with Gasteiger partial charge < -0.3 is 9.47 Å². The van der Waals surface area contributed by atoms with Crippen LogP contribution in [0.15, 0.2) is 47.5 Å². The number of carbonyl (C=O) groups is 1. The first-order valence-corrected chi connectivity index (χ1v) is 10.3. The summed E-state index contributed by atoms with van der Waals surface area (Å²) in [5.41, 5.74) is 0.857. The van der Waals surface area contributed by atoms with Crippen molar-refractivity contribution in [2.24, 2.45) is 0 Å². The van der Waals surface area contributed by atoms with Crippen LogP contribution in [0, 0.1) is 11.3 Å². The number of amides is 1. The predicted molar refractivity (Wildman–Crippen MR) is 104 cm³/mol. The Morgan fingerprint density at radius 2 is 2.07 bits per heavy atom. The van der Waals surface area contributed by atoms with Crippen molar-refractivity contribution in [3.63, 3.8) is 0 Å². The van der Waals surface area contributed by atoms with Gasteiger partial charge in [-0.25, -0.2) is 18.2 Å². The number of aromatic nitrogens is 1. The molecule has 0 aliphatic carbocycles. The third kappa shape index (κ3) is 5.01. The maximum absolute atomic E-state index is 13.0. The molecule has 0 radical (unpaired) electrons. The van der Waals surface area contributed by atoms with Crippen LogP contribution in [0.5, 0.6) is 5.88 Å². The van der Waals surface area contributed by atoms with Crippen LogP contribution in [0.25, 0.3) is 0 Å². The summed E-state index contributed by atoms with van der Waals surface area (Å²) in [7, 11) is -2.47. The first kappa shape index (κ1) is 20.6. The number of ether oxygens (including phenoxy) is 2. The van der Waals surface area contributed by atoms with Crippen molar-refractivity contribution < 1.29 is 22.7 Å². The number of nitrogens with zero attached hydrogens (tertiary/aromatic N) is 3. The van der Waals surface area contributed by atoms with Gasteiger partial charge in [-0.1, -0.05) is 0 Å². The quantitative estimate of drug-likeness (QED) is 0.794. The largest absolute Gasteiger partial charge is 0.473 e. The molecule has 1 aromatic heterocycles. The number of benzene rings is 1. The highest BCUT2D eigenvalue weighted by Gasteiger charge is 2.31. The number of pyridine rings is 1. The van der Waals surface area contributed by atoms with Gasteiger partial charge in [-0.2, -0.15) is 9.57 Å². The Labute approximate surface area is 168 Å². The van der Waals surface area contributed by atoms with Gasteiger partial charge in [0.15, 0.2) is 0 Å². The second-order valence-electron chi connectivity index (χ2n) is 6.38. The average Bonchev–Trinajstić information content (AvgIpc) is 2.74. The first-order chi connectivity index (χ1) is 13.9. The van der Waals surface area contributed by atoms with E-state index in [4.69, 9.17) is 10.00 Å². The molecule has 1 aliphatic rings. The number of methoxy groups -OCH3 is 1. The zero-order valence-electron chi connectivity index (χ0n) is 15.7. The van der Waals surface area contributed by atoms with Crippen LogP contribution >= 0.6 is 0 Å². The zero-order valence-corrected chi connectivity index (χ0v) is 16.6. The molecule has 1 saturated heterocycles. The second-order valence-corrected chi connectivity index (χ2v) is 8.32. The molecule has 0 spiro atoms. The summed E-state index contributed by atoms with van der Waals surface area (Å²) < 4.78 is 37.6. The molecule has 2 heterocycles. The lowest BCUT2D eigenvalue weighted by molar-refractivity contribution is 0.124. The topological polar surface area (TPSA) is 122 Å². The van der Waals surface area contributed by atoms with Crippen molar-refractivity contribution in [3.8, 4) is 11.9 Å². The molecule has 0 saturated carbocycles. The molecule has 1 unspecified atom stereocenters. The number of anilines is 1. The highest BCUT2D eigenvalue weighted by molar-refractivity contribution is 7.89. The van der Waals surface area contributed by atoms with Gasteiger partial charge in [-0.15, -0.1) is 0 Å². The number of nitriles is 1. The molecule has 2 aromatic rings. The van der Waals surface area contributed by atoms with E-state index in [9.17, 15) is 13.2 Å². The van der Waals surface area contributed by atoms with Gasteiger partial charge in [0.25, 0.3) is 0 Å². The number of piperidine rings is 1. The van der Waals surface area contributed by atoms with E-state index < -0.39 is 16.1 Å². The molecular formula is C19H20N4O5S. The van der Waals surface area contributed by atoms with E-state index in [0.29, 0.717) is 36.5 Å². The van der Waals surface area contributed by atoms with Crippen LogP contribution in [-0.2, 0) is 14.8 Å². The second kappa shape index (κ2) is 8.89. The van der Waals surface area contributed by atoms with Gasteiger partial charge in [-0.05, 0) is 43.2 Å². The Kier molecular flexibility index (Phi) is 6.31. The van der Waals surface area contributed by atoms with Crippen LogP contribution in [-0.4, -0.2) is 50.1 Å². The molecule has 10 heteroatoms. The van der Waals surface area contributed by atoms with Crippen LogP contribution in [0.4, 0.5) is 10.5 Å². The van der Waals surface area contributed by atoms with Crippen molar-refractivity contribution in [2.75, 3.05) is 25.5 Å². The lowest BCUT2D eigenvalue weighted by Crippen LogP contribution is -2.44. The third-order valence-electron chi connectivity index (χ3n) is 4.42. The molecule has 1 aromatic carbocycles. The van der Waals surface area contributed by atoms with Gasteiger partial charge in [0.05, 0.1) is 30.2 Å². The van der Waals surface area contributed by atoms with Crippen LogP contribution in [0.2, 0.25) is 0 Å². The first-order valence-electron chi connectivity index (χ1n) is 8.90. The Morgan fingerprint density at radius 3 is 2.76 bits per heavy atom. The summed E-state index contributed by atoms with van der Waals surface area (Å²) in [6.45, 7) is 0.568. The Hall–Kier alpha value is -3.16. The number of nitrogens with one attached hydrogen (secondary N) is 1. The smallest absolute Gasteiger partial charge is 0.411 e. The maximum Gasteiger partial charge on any atom is 0.411 e. The van der Waals surface area contributed by atoms with E-state index in [2.05, 4.69) is 15.0 Å². The van der Waals surface area contributed by atoms with Crippen molar-refractivity contribution >= 4 is 21.8 Å². The maximum atomic E-state index is 13.0. The van der Waals surface area contributed by atoms with Gasteiger partial charge in [0.1, 0.15) is 6.10 Å². The van der Waals surface area contributed by atoms with Crippen molar-refractivity contribution in [3.05, 3.63) is 48.2 Å². The monoisotopic (exact) mass is 416 g/mol. The molecule has 29 heavy (non-hydrogen) atoms. The predicted octanol–water partition coefficient (Wildman–Crippen LogP) is 2.36. The number of hydrogen-bond donors (Lipinski definition) is 1. The SMILES string of the molecule is COC(=O)Nc1ccc(S(=O)(=O)N2CCCC(Oc3cc(C#N)ccn3)C2)cc1. The van der Waals surface area contributed by atoms with E-state index in [1.165, 1.54) is 47.9 Å². The molecule has 1 amide bonds. The van der Waals surface area contributed by atoms with Crippen molar-refractivity contribution in [1.29, 1.82) is 5.26 Å². The summed E-state index contributed by atoms with van der Waals surface area (Å²) in [4.78, 5) is 15.4. The lowest BCUT2D eigenvalue weighted by Gasteiger charge is -2.31. The van der Waals surface area contributed by atoms with Gasteiger partial charge in [-0.3, -0.25) is 5.32 Å². The van der Waals surface area contributed by atoms with Crippen LogP contribution in [0.1, 0.15) is 18.4 Å². The van der Waals surface area contributed by atoms with E-state index in [-0.39, 0.29) is 17.5 Å². The minimum Gasteiger partial charge on any atom is -0.473 e. The fraction of sp³-hybridized carbons (Fsp3) is 0.316. The zero-order chi connectivity index (χ0) is 20.9. The lowest BCUT2D eigenvalue weighted by atomic mass is 10.1. The highest BCUT2D eigenvalue weighted by Crippen LogP contribution is 2.24. The number of hydrogen-bond acceptors (Lipinski definition) is 7. The summed E-state index contributed by atoms with van der Waals surface area (Å²) in [6.07, 6.45) is 1.82. The van der Waals surface area contributed by atoms with Crippen molar-refractivity contribution in [2.45, 2.75) is 23.8 Å². The van der Waals surface area contributed by atoms with E-state index in [1.54, 1.807) is 6.07 Å². The molecule has 1 N–H and O–H groups in total. The van der Waals surface area contributed by atoms with Gasteiger partial charge in [0, 0.05) is 24.5 Å². The molecule has 3 rings (SSSR count). The number of rotatable bonds is 5. The fourth-order valence-electron chi connectivity index (χ4n) is 2.96. The molecule has 1 atom stereocenters. The summed E-state index contributed by atoms with van der Waals surface area (Å²) in [5, 5.41) is 11.4. The normalized spacial score (nSPS) is 17.2. The molecule has 9 nitrogen and oxygen atoms in total. The Bertz CT molecular complexity index is 1020. The van der Waals surface area contributed by atoms with E-state index >= 15 is 0 Å². The van der Waals surface area contributed by atoms with E-state index in [1.807, 2.05) is 6.07 Å². The molecular weight excluding hydrogens is 396 g/mol. The minimum atomic E-state index is -3.71. The van der Waals surface area contributed by atoms with Crippen LogP contribution in [0.3, 0.4) is 0 Å². The highest BCUT2D eigenvalue weighted by atomic mass is 32.2. The van der Waals surface area contributed by atoms with E-state index in [0.717, 1.165) is 0 Å².